The van der Waals surface area contributed by atoms with Gasteiger partial charge in [-0.15, -0.1) is 0 Å². The van der Waals surface area contributed by atoms with E-state index in [2.05, 4.69) is 15.3 Å². The molecule has 1 N–H and O–H groups in total. The van der Waals surface area contributed by atoms with Gasteiger partial charge in [-0.2, -0.15) is 4.98 Å². The van der Waals surface area contributed by atoms with Gasteiger partial charge in [0.25, 0.3) is 5.91 Å². The van der Waals surface area contributed by atoms with E-state index in [0.29, 0.717) is 39.7 Å². The average molecular weight is 463 g/mol. The summed E-state index contributed by atoms with van der Waals surface area (Å²) >= 11 is 5.90. The third-order valence-electron chi connectivity index (χ3n) is 4.74. The lowest BCUT2D eigenvalue weighted by Gasteiger charge is -2.25. The Labute approximate surface area is 197 Å². The summed E-state index contributed by atoms with van der Waals surface area (Å²) in [4.78, 5) is 21.5. The maximum Gasteiger partial charge on any atom is 0.267 e. The van der Waals surface area contributed by atoms with Crippen LogP contribution in [0.15, 0.2) is 79.1 Å². The number of nitrogens with one attached hydrogen (secondary N) is 1. The summed E-state index contributed by atoms with van der Waals surface area (Å²) in [7, 11) is 0. The Bertz CT molecular complexity index is 1240. The molecular formula is C25H23ClN4O3. The lowest BCUT2D eigenvalue weighted by molar-refractivity contribution is -0.128. The number of ether oxygens (including phenoxy) is 2. The van der Waals surface area contributed by atoms with Gasteiger partial charge in [0.2, 0.25) is 5.88 Å². The monoisotopic (exact) mass is 462 g/mol. The molecule has 8 heteroatoms. The number of benzene rings is 2. The number of carbonyl (C=O) groups is 1. The molecule has 168 valence electrons. The van der Waals surface area contributed by atoms with Gasteiger partial charge in [0.15, 0.2) is 5.60 Å². The van der Waals surface area contributed by atoms with Gasteiger partial charge in [-0.3, -0.25) is 4.79 Å². The molecule has 0 aliphatic carbocycles. The molecule has 33 heavy (non-hydrogen) atoms. The zero-order valence-electron chi connectivity index (χ0n) is 18.4. The number of aromatic nitrogens is 3. The molecule has 0 saturated carbocycles. The Hall–Kier alpha value is -3.84. The Morgan fingerprint density at radius 2 is 1.61 bits per heavy atom. The third kappa shape index (κ3) is 5.70. The van der Waals surface area contributed by atoms with Crippen molar-refractivity contribution in [2.75, 3.05) is 5.32 Å². The predicted molar refractivity (Wildman–Crippen MR) is 127 cm³/mol. The van der Waals surface area contributed by atoms with Crippen LogP contribution >= 0.6 is 11.6 Å². The van der Waals surface area contributed by atoms with Crippen LogP contribution in [0, 0.1) is 6.92 Å². The summed E-state index contributed by atoms with van der Waals surface area (Å²) in [5, 5.41) is 3.47. The van der Waals surface area contributed by atoms with Crippen molar-refractivity contribution >= 4 is 23.2 Å². The molecule has 2 aromatic carbocycles. The second kappa shape index (κ2) is 9.34. The van der Waals surface area contributed by atoms with E-state index in [9.17, 15) is 4.79 Å². The van der Waals surface area contributed by atoms with E-state index < -0.39 is 5.60 Å². The highest BCUT2D eigenvalue weighted by atomic mass is 35.5. The summed E-state index contributed by atoms with van der Waals surface area (Å²) in [6, 6.07) is 19.5. The lowest BCUT2D eigenvalue weighted by Crippen LogP contribution is -2.42. The van der Waals surface area contributed by atoms with Gasteiger partial charge >= 0.3 is 0 Å². The van der Waals surface area contributed by atoms with Crippen molar-refractivity contribution in [2.45, 2.75) is 26.4 Å². The van der Waals surface area contributed by atoms with E-state index >= 15 is 0 Å². The molecule has 0 unspecified atom stereocenters. The number of nitrogens with zero attached hydrogens (tertiary/aromatic N) is 3. The summed E-state index contributed by atoms with van der Waals surface area (Å²) in [6.45, 7) is 5.22. The van der Waals surface area contributed by atoms with Crippen LogP contribution in [0.4, 0.5) is 5.69 Å². The molecular weight excluding hydrogens is 440 g/mol. The molecule has 0 aliphatic rings. The number of carbonyl (C=O) groups excluding carboxylic acids is 1. The van der Waals surface area contributed by atoms with Crippen LogP contribution < -0.4 is 14.8 Å². The Kier molecular flexibility index (Phi) is 6.33. The highest BCUT2D eigenvalue weighted by molar-refractivity contribution is 6.30. The molecule has 0 fully saturated rings. The van der Waals surface area contributed by atoms with Crippen LogP contribution in [-0.2, 0) is 4.79 Å². The summed E-state index contributed by atoms with van der Waals surface area (Å²) in [5.41, 5.74) is -0.469. The van der Waals surface area contributed by atoms with Crippen molar-refractivity contribution in [1.82, 2.24) is 14.5 Å². The first kappa shape index (κ1) is 22.4. The van der Waals surface area contributed by atoms with E-state index in [-0.39, 0.29) is 5.91 Å². The number of halogens is 1. The Balaban J connectivity index is 1.41. The highest BCUT2D eigenvalue weighted by Crippen LogP contribution is 2.25. The van der Waals surface area contributed by atoms with E-state index in [1.165, 1.54) is 0 Å². The molecule has 2 heterocycles. The number of amides is 1. The fourth-order valence-electron chi connectivity index (χ4n) is 3.05. The van der Waals surface area contributed by atoms with Gasteiger partial charge in [-0.25, -0.2) is 4.98 Å². The maximum absolute atomic E-state index is 12.8. The van der Waals surface area contributed by atoms with Crippen molar-refractivity contribution in [3.8, 4) is 23.2 Å². The van der Waals surface area contributed by atoms with Gasteiger partial charge in [-0.1, -0.05) is 11.6 Å². The predicted octanol–water partition coefficient (Wildman–Crippen LogP) is 5.82. The van der Waals surface area contributed by atoms with Crippen LogP contribution in [0.5, 0.6) is 17.4 Å². The van der Waals surface area contributed by atoms with Gasteiger partial charge < -0.3 is 19.4 Å². The van der Waals surface area contributed by atoms with E-state index in [1.54, 1.807) is 68.4 Å². The van der Waals surface area contributed by atoms with Crippen LogP contribution in [0.25, 0.3) is 5.82 Å². The molecule has 7 nitrogen and oxygen atoms in total. The van der Waals surface area contributed by atoms with Crippen molar-refractivity contribution in [2.24, 2.45) is 0 Å². The standard InChI is InChI=1S/C25H23ClN4O3/c1-17-27-22(30-14-4-5-15-30)16-23(28-17)32-20-12-8-19(9-13-20)29-24(31)25(2,3)33-21-10-6-18(26)7-11-21/h4-16H,1-3H3,(H,29,31). The minimum Gasteiger partial charge on any atom is -0.478 e. The SMILES string of the molecule is Cc1nc(Oc2ccc(NC(=O)C(C)(C)Oc3ccc(Cl)cc3)cc2)cc(-n2cccc2)n1. The van der Waals surface area contributed by atoms with Crippen LogP contribution in [0.3, 0.4) is 0 Å². The summed E-state index contributed by atoms with van der Waals surface area (Å²) in [5.74, 6) is 2.61. The smallest absolute Gasteiger partial charge is 0.267 e. The molecule has 0 saturated heterocycles. The van der Waals surface area contributed by atoms with E-state index in [0.717, 1.165) is 0 Å². The number of hydrogen-bond donors (Lipinski definition) is 1. The summed E-state index contributed by atoms with van der Waals surface area (Å²) in [6.07, 6.45) is 3.81. The maximum atomic E-state index is 12.8. The molecule has 0 aliphatic heterocycles. The minimum absolute atomic E-state index is 0.283. The molecule has 1 amide bonds. The van der Waals surface area contributed by atoms with Crippen LogP contribution in [0.2, 0.25) is 5.02 Å². The number of hydrogen-bond acceptors (Lipinski definition) is 5. The normalized spacial score (nSPS) is 11.2. The Morgan fingerprint density at radius 1 is 0.970 bits per heavy atom. The molecule has 2 aromatic heterocycles. The first-order valence-electron chi connectivity index (χ1n) is 10.3. The number of anilines is 1. The van der Waals surface area contributed by atoms with Crippen molar-refractivity contribution < 1.29 is 14.3 Å². The zero-order chi connectivity index (χ0) is 23.4. The van der Waals surface area contributed by atoms with Gasteiger partial charge in [0.05, 0.1) is 0 Å². The lowest BCUT2D eigenvalue weighted by atomic mass is 10.1. The van der Waals surface area contributed by atoms with Crippen molar-refractivity contribution in [3.05, 3.63) is 90.0 Å². The topological polar surface area (TPSA) is 78.3 Å². The fourth-order valence-corrected chi connectivity index (χ4v) is 3.18. The molecule has 0 atom stereocenters. The average Bonchev–Trinajstić information content (AvgIpc) is 3.31. The second-order valence-corrected chi connectivity index (χ2v) is 8.29. The Morgan fingerprint density at radius 3 is 2.27 bits per heavy atom. The number of aryl methyl sites for hydroxylation is 1. The minimum atomic E-state index is -1.09. The largest absolute Gasteiger partial charge is 0.478 e. The first-order chi connectivity index (χ1) is 15.8. The molecule has 0 bridgehead atoms. The zero-order valence-corrected chi connectivity index (χ0v) is 19.2. The van der Waals surface area contributed by atoms with Gasteiger partial charge in [0, 0.05) is 29.2 Å². The van der Waals surface area contributed by atoms with Crippen molar-refractivity contribution in [3.63, 3.8) is 0 Å². The van der Waals surface area contributed by atoms with Gasteiger partial charge in [0.1, 0.15) is 23.1 Å². The van der Waals surface area contributed by atoms with Gasteiger partial charge in [-0.05, 0) is 81.4 Å². The van der Waals surface area contributed by atoms with Crippen LogP contribution in [-0.4, -0.2) is 26.0 Å². The second-order valence-electron chi connectivity index (χ2n) is 7.85. The molecule has 0 spiro atoms. The van der Waals surface area contributed by atoms with E-state index in [4.69, 9.17) is 21.1 Å². The van der Waals surface area contributed by atoms with E-state index in [1.807, 2.05) is 36.0 Å². The molecule has 4 aromatic rings. The summed E-state index contributed by atoms with van der Waals surface area (Å²) < 4.78 is 13.6. The third-order valence-corrected chi connectivity index (χ3v) is 4.99. The first-order valence-corrected chi connectivity index (χ1v) is 10.7. The molecule has 0 radical (unpaired) electrons. The fraction of sp³-hybridized carbons (Fsp3) is 0.160. The van der Waals surface area contributed by atoms with Crippen LogP contribution in [0.1, 0.15) is 19.7 Å². The van der Waals surface area contributed by atoms with Crippen molar-refractivity contribution in [1.29, 1.82) is 0 Å². The number of rotatable bonds is 7. The molecule has 4 rings (SSSR count). The quantitative estimate of drug-likeness (QED) is 0.374. The highest BCUT2D eigenvalue weighted by Gasteiger charge is 2.30.